The number of rotatable bonds is 6. The normalized spacial score (nSPS) is 21.1. The number of hydrogen-bond donors (Lipinski definition) is 1. The smallest absolute Gasteiger partial charge is 0.222 e. The predicted octanol–water partition coefficient (Wildman–Crippen LogP) is 2.27. The van der Waals surface area contributed by atoms with E-state index in [1.807, 2.05) is 36.0 Å². The largest absolute Gasteiger partial charge is 0.465 e. The summed E-state index contributed by atoms with van der Waals surface area (Å²) in [6.45, 7) is 6.68. The maximum atomic E-state index is 12.5. The molecule has 4 heterocycles. The summed E-state index contributed by atoms with van der Waals surface area (Å²) in [5, 5.41) is 7.57. The summed E-state index contributed by atoms with van der Waals surface area (Å²) >= 11 is 0. The lowest BCUT2D eigenvalue weighted by Gasteiger charge is -2.33. The van der Waals surface area contributed by atoms with Crippen LogP contribution in [0.5, 0.6) is 0 Å². The van der Waals surface area contributed by atoms with Crippen LogP contribution in [0.4, 0.5) is 0 Å². The summed E-state index contributed by atoms with van der Waals surface area (Å²) in [5.41, 5.74) is 1.15. The van der Waals surface area contributed by atoms with Gasteiger partial charge in [-0.1, -0.05) is 0 Å². The Hall–Kier alpha value is -2.12. The predicted molar refractivity (Wildman–Crippen MR) is 100.0 cm³/mol. The van der Waals surface area contributed by atoms with Crippen molar-refractivity contribution >= 4 is 5.91 Å². The minimum Gasteiger partial charge on any atom is -0.465 e. The quantitative estimate of drug-likeness (QED) is 0.842. The van der Waals surface area contributed by atoms with Crippen molar-refractivity contribution < 1.29 is 13.9 Å². The molecule has 0 saturated carbocycles. The summed E-state index contributed by atoms with van der Waals surface area (Å²) in [6, 6.07) is 6.10. The summed E-state index contributed by atoms with van der Waals surface area (Å²) < 4.78 is 13.1. The first kappa shape index (κ1) is 18.3. The Kier molecular flexibility index (Phi) is 5.59. The van der Waals surface area contributed by atoms with Gasteiger partial charge < -0.3 is 14.5 Å². The molecular weight excluding hydrogens is 344 g/mol. The Labute approximate surface area is 159 Å². The molecule has 2 aromatic heterocycles. The maximum Gasteiger partial charge on any atom is 0.222 e. The molecule has 7 heteroatoms. The van der Waals surface area contributed by atoms with Crippen molar-refractivity contribution in [3.63, 3.8) is 0 Å². The third-order valence-corrected chi connectivity index (χ3v) is 5.48. The van der Waals surface area contributed by atoms with Gasteiger partial charge in [0.2, 0.25) is 5.91 Å². The van der Waals surface area contributed by atoms with E-state index in [2.05, 4.69) is 15.3 Å². The Balaban J connectivity index is 1.35. The molecule has 2 aromatic rings. The van der Waals surface area contributed by atoms with Gasteiger partial charge in [0.15, 0.2) is 0 Å². The third-order valence-electron chi connectivity index (χ3n) is 5.48. The first-order chi connectivity index (χ1) is 13.2. The number of carbonyl (C=O) groups excluding carboxylic acids is 1. The highest BCUT2D eigenvalue weighted by Gasteiger charge is 2.28. The number of ether oxygens (including phenoxy) is 1. The van der Waals surface area contributed by atoms with Crippen LogP contribution >= 0.6 is 0 Å². The van der Waals surface area contributed by atoms with E-state index in [0.717, 1.165) is 69.4 Å². The lowest BCUT2D eigenvalue weighted by molar-refractivity contribution is -0.122. The van der Waals surface area contributed by atoms with Crippen molar-refractivity contribution in [2.45, 2.75) is 45.3 Å². The fourth-order valence-electron chi connectivity index (χ4n) is 4.02. The molecule has 0 aliphatic carbocycles. The number of amides is 1. The van der Waals surface area contributed by atoms with Crippen molar-refractivity contribution in [3.8, 4) is 0 Å². The van der Waals surface area contributed by atoms with Crippen LogP contribution in [0.1, 0.15) is 42.5 Å². The van der Waals surface area contributed by atoms with E-state index >= 15 is 0 Å². The van der Waals surface area contributed by atoms with Crippen LogP contribution in [-0.4, -0.2) is 46.9 Å². The first-order valence-electron chi connectivity index (χ1n) is 9.82. The van der Waals surface area contributed by atoms with Gasteiger partial charge in [-0.25, -0.2) is 0 Å². The molecule has 1 saturated heterocycles. The van der Waals surface area contributed by atoms with Crippen LogP contribution in [0.15, 0.2) is 28.8 Å². The number of carbonyl (C=O) groups is 1. The minimum absolute atomic E-state index is 0.0505. The Bertz CT molecular complexity index is 763. The summed E-state index contributed by atoms with van der Waals surface area (Å²) in [4.78, 5) is 14.9. The second-order valence-electron chi connectivity index (χ2n) is 7.67. The fraction of sp³-hybridized carbons (Fsp3) is 0.600. The van der Waals surface area contributed by atoms with Crippen LogP contribution in [0.25, 0.3) is 0 Å². The zero-order chi connectivity index (χ0) is 18.6. The van der Waals surface area contributed by atoms with Gasteiger partial charge in [0, 0.05) is 39.0 Å². The molecule has 0 spiro atoms. The van der Waals surface area contributed by atoms with Gasteiger partial charge in [-0.3, -0.25) is 14.4 Å². The maximum absolute atomic E-state index is 12.5. The van der Waals surface area contributed by atoms with Gasteiger partial charge in [-0.2, -0.15) is 5.10 Å². The lowest BCUT2D eigenvalue weighted by atomic mass is 10.0. The van der Waals surface area contributed by atoms with Gasteiger partial charge >= 0.3 is 0 Å². The topological polar surface area (TPSA) is 72.5 Å². The average molecular weight is 372 g/mol. The second kappa shape index (κ2) is 8.27. The highest BCUT2D eigenvalue weighted by Crippen LogP contribution is 2.25. The highest BCUT2D eigenvalue weighted by atomic mass is 16.5. The molecule has 1 amide bonds. The van der Waals surface area contributed by atoms with Gasteiger partial charge in [-0.15, -0.1) is 0 Å². The van der Waals surface area contributed by atoms with Crippen LogP contribution in [-0.2, 0) is 22.6 Å². The van der Waals surface area contributed by atoms with Crippen molar-refractivity contribution in [1.29, 1.82) is 0 Å². The number of aromatic nitrogens is 2. The second-order valence-corrected chi connectivity index (χ2v) is 7.67. The van der Waals surface area contributed by atoms with E-state index in [1.165, 1.54) is 0 Å². The third kappa shape index (κ3) is 4.59. The number of nitrogens with zero attached hydrogens (tertiary/aromatic N) is 3. The molecule has 4 rings (SSSR count). The first-order valence-corrected chi connectivity index (χ1v) is 9.82. The summed E-state index contributed by atoms with van der Waals surface area (Å²) in [5.74, 6) is 2.52. The monoisotopic (exact) mass is 372 g/mol. The van der Waals surface area contributed by atoms with Gasteiger partial charge in [-0.05, 0) is 43.9 Å². The highest BCUT2D eigenvalue weighted by molar-refractivity contribution is 5.76. The zero-order valence-electron chi connectivity index (χ0n) is 15.9. The van der Waals surface area contributed by atoms with E-state index < -0.39 is 0 Å². The van der Waals surface area contributed by atoms with Crippen LogP contribution < -0.4 is 5.32 Å². The average Bonchev–Trinajstić information content (AvgIpc) is 3.30. The van der Waals surface area contributed by atoms with E-state index in [4.69, 9.17) is 9.15 Å². The van der Waals surface area contributed by atoms with Gasteiger partial charge in [0.05, 0.1) is 24.7 Å². The molecule has 1 unspecified atom stereocenters. The standard InChI is InChI=1S/C20H28N4O3/c1-15-2-3-19(27-15)14-23-12-17-4-7-22-24(17)18(13-23)10-20(25)21-11-16-5-8-26-9-6-16/h2-4,7,16,18H,5-6,8-14H2,1H3,(H,21,25). The molecule has 1 atom stereocenters. The fourth-order valence-corrected chi connectivity index (χ4v) is 4.02. The van der Waals surface area contributed by atoms with Crippen LogP contribution in [0.2, 0.25) is 0 Å². The number of hydrogen-bond acceptors (Lipinski definition) is 5. The number of aryl methyl sites for hydroxylation is 1. The van der Waals surface area contributed by atoms with Crippen molar-refractivity contribution in [1.82, 2.24) is 20.0 Å². The molecule has 27 heavy (non-hydrogen) atoms. The van der Waals surface area contributed by atoms with Crippen LogP contribution in [0, 0.1) is 12.8 Å². The SMILES string of the molecule is Cc1ccc(CN2Cc3ccnn3C(CC(=O)NCC3CCOCC3)C2)o1. The summed E-state index contributed by atoms with van der Waals surface area (Å²) in [6.07, 6.45) is 4.33. The molecular formula is C20H28N4O3. The van der Waals surface area contributed by atoms with E-state index in [-0.39, 0.29) is 11.9 Å². The molecule has 0 bridgehead atoms. The molecule has 1 N–H and O–H groups in total. The van der Waals surface area contributed by atoms with Crippen molar-refractivity contribution in [2.75, 3.05) is 26.3 Å². The van der Waals surface area contributed by atoms with E-state index in [1.54, 1.807) is 0 Å². The van der Waals surface area contributed by atoms with Crippen LogP contribution in [0.3, 0.4) is 0 Å². The molecule has 0 radical (unpaired) electrons. The Morgan fingerprint density at radius 3 is 2.93 bits per heavy atom. The van der Waals surface area contributed by atoms with Crippen molar-refractivity contribution in [2.24, 2.45) is 5.92 Å². The number of fused-ring (bicyclic) bond motifs is 1. The molecule has 7 nitrogen and oxygen atoms in total. The molecule has 1 fully saturated rings. The molecule has 0 aromatic carbocycles. The lowest BCUT2D eigenvalue weighted by Crippen LogP contribution is -2.40. The molecule has 2 aliphatic heterocycles. The van der Waals surface area contributed by atoms with Gasteiger partial charge in [0.25, 0.3) is 0 Å². The molecule has 2 aliphatic rings. The van der Waals surface area contributed by atoms with Crippen molar-refractivity contribution in [3.05, 3.63) is 41.6 Å². The number of nitrogens with one attached hydrogen (secondary N) is 1. The van der Waals surface area contributed by atoms with E-state index in [0.29, 0.717) is 12.3 Å². The number of furan rings is 1. The zero-order valence-corrected chi connectivity index (χ0v) is 15.9. The Morgan fingerprint density at radius 2 is 2.15 bits per heavy atom. The molecule has 146 valence electrons. The Morgan fingerprint density at radius 1 is 1.30 bits per heavy atom. The minimum atomic E-state index is 0.0505. The van der Waals surface area contributed by atoms with Gasteiger partial charge in [0.1, 0.15) is 11.5 Å². The van der Waals surface area contributed by atoms with E-state index in [9.17, 15) is 4.79 Å². The summed E-state index contributed by atoms with van der Waals surface area (Å²) in [7, 11) is 0.